The fourth-order valence-corrected chi connectivity index (χ4v) is 2.11. The van der Waals surface area contributed by atoms with E-state index in [1.165, 1.54) is 0 Å². The Morgan fingerprint density at radius 3 is 2.42 bits per heavy atom. The van der Waals surface area contributed by atoms with Crippen molar-refractivity contribution in [2.24, 2.45) is 10.9 Å². The highest BCUT2D eigenvalue weighted by atomic mass is 16.5. The molecule has 26 heavy (non-hydrogen) atoms. The smallest absolute Gasteiger partial charge is 0.195 e. The number of benzene rings is 1. The lowest BCUT2D eigenvalue weighted by atomic mass is 10.2. The Morgan fingerprint density at radius 1 is 1.08 bits per heavy atom. The number of hydrogen-bond donors (Lipinski definition) is 2. The van der Waals surface area contributed by atoms with Gasteiger partial charge in [-0.1, -0.05) is 13.8 Å². The number of nitrogens with zero attached hydrogens (tertiary/aromatic N) is 1. The van der Waals surface area contributed by atoms with Gasteiger partial charge in [0.2, 0.25) is 0 Å². The molecule has 6 heteroatoms. The Kier molecular flexibility index (Phi) is 11.5. The zero-order valence-corrected chi connectivity index (χ0v) is 16.9. The van der Waals surface area contributed by atoms with Gasteiger partial charge in [-0.15, -0.1) is 0 Å². The van der Waals surface area contributed by atoms with E-state index in [0.29, 0.717) is 25.6 Å². The van der Waals surface area contributed by atoms with Gasteiger partial charge in [0.05, 0.1) is 12.7 Å². The second kappa shape index (κ2) is 13.4. The standard InChI is InChI=1S/C20H35N3O3/c1-16(2)15-25-13-6-11-21-20(22-12-14-24-5)23-18-7-9-19(10-8-18)26-17(3)4/h7-10,16-17H,6,11-15H2,1-5H3,(H2,21,22,23). The second-order valence-electron chi connectivity index (χ2n) is 6.79. The van der Waals surface area contributed by atoms with Crippen molar-refractivity contribution in [2.75, 3.05) is 45.3 Å². The number of aliphatic imine (C=N–C) groups is 1. The summed E-state index contributed by atoms with van der Waals surface area (Å²) in [5.41, 5.74) is 0.959. The number of methoxy groups -OCH3 is 1. The predicted octanol–water partition coefficient (Wildman–Crippen LogP) is 3.54. The minimum absolute atomic E-state index is 0.166. The Balaban J connectivity index is 2.51. The molecule has 0 unspecified atom stereocenters. The van der Waals surface area contributed by atoms with Crippen LogP contribution in [0.2, 0.25) is 0 Å². The first-order valence-corrected chi connectivity index (χ1v) is 9.40. The maximum Gasteiger partial charge on any atom is 0.195 e. The van der Waals surface area contributed by atoms with E-state index < -0.39 is 0 Å². The molecule has 0 aromatic heterocycles. The molecule has 0 aliphatic rings. The average Bonchev–Trinajstić information content (AvgIpc) is 2.59. The molecule has 0 bridgehead atoms. The molecule has 2 N–H and O–H groups in total. The molecule has 6 nitrogen and oxygen atoms in total. The lowest BCUT2D eigenvalue weighted by molar-refractivity contribution is 0.109. The van der Waals surface area contributed by atoms with E-state index in [1.807, 2.05) is 38.1 Å². The summed E-state index contributed by atoms with van der Waals surface area (Å²) in [6.45, 7) is 11.9. The van der Waals surface area contributed by atoms with Gasteiger partial charge >= 0.3 is 0 Å². The lowest BCUT2D eigenvalue weighted by Gasteiger charge is -2.14. The maximum absolute atomic E-state index is 5.67. The quantitative estimate of drug-likeness (QED) is 0.337. The monoisotopic (exact) mass is 365 g/mol. The highest BCUT2D eigenvalue weighted by Gasteiger charge is 2.02. The summed E-state index contributed by atoms with van der Waals surface area (Å²) < 4.78 is 16.4. The number of anilines is 1. The number of hydrogen-bond acceptors (Lipinski definition) is 4. The van der Waals surface area contributed by atoms with Gasteiger partial charge in [0.15, 0.2) is 5.96 Å². The predicted molar refractivity (Wildman–Crippen MR) is 108 cm³/mol. The largest absolute Gasteiger partial charge is 0.491 e. The van der Waals surface area contributed by atoms with E-state index in [4.69, 9.17) is 14.2 Å². The Labute approximate surface area is 158 Å². The average molecular weight is 366 g/mol. The Hall–Kier alpha value is -1.79. The molecular formula is C20H35N3O3. The van der Waals surface area contributed by atoms with Crippen molar-refractivity contribution in [3.05, 3.63) is 24.3 Å². The van der Waals surface area contributed by atoms with Crippen LogP contribution in [0.1, 0.15) is 34.1 Å². The molecule has 0 saturated heterocycles. The summed E-state index contributed by atoms with van der Waals surface area (Å²) in [6, 6.07) is 7.87. The zero-order valence-electron chi connectivity index (χ0n) is 16.9. The molecule has 0 amide bonds. The van der Waals surface area contributed by atoms with Crippen molar-refractivity contribution >= 4 is 11.6 Å². The molecule has 148 valence electrons. The Bertz CT molecular complexity index is 502. The third-order valence-corrected chi connectivity index (χ3v) is 3.26. The van der Waals surface area contributed by atoms with Crippen molar-refractivity contribution in [3.63, 3.8) is 0 Å². The van der Waals surface area contributed by atoms with E-state index in [2.05, 4.69) is 29.5 Å². The number of ether oxygens (including phenoxy) is 3. The fraction of sp³-hybridized carbons (Fsp3) is 0.650. The van der Waals surface area contributed by atoms with Gasteiger partial charge in [-0.2, -0.15) is 0 Å². The van der Waals surface area contributed by atoms with Crippen molar-refractivity contribution in [1.82, 2.24) is 5.32 Å². The van der Waals surface area contributed by atoms with Gasteiger partial charge in [0.25, 0.3) is 0 Å². The molecule has 0 heterocycles. The van der Waals surface area contributed by atoms with Crippen LogP contribution in [0.25, 0.3) is 0 Å². The van der Waals surface area contributed by atoms with Gasteiger partial charge in [-0.25, -0.2) is 0 Å². The summed E-state index contributed by atoms with van der Waals surface area (Å²) in [5, 5.41) is 6.58. The van der Waals surface area contributed by atoms with E-state index in [1.54, 1.807) is 7.11 Å². The number of guanidine groups is 1. The van der Waals surface area contributed by atoms with Gasteiger partial charge in [-0.3, -0.25) is 4.99 Å². The van der Waals surface area contributed by atoms with Crippen LogP contribution in [0.5, 0.6) is 5.75 Å². The van der Waals surface area contributed by atoms with Crippen molar-refractivity contribution in [1.29, 1.82) is 0 Å². The van der Waals surface area contributed by atoms with Crippen LogP contribution in [0, 0.1) is 5.92 Å². The van der Waals surface area contributed by atoms with E-state index >= 15 is 0 Å². The van der Waals surface area contributed by atoms with Crippen LogP contribution in [-0.2, 0) is 9.47 Å². The summed E-state index contributed by atoms with van der Waals surface area (Å²) in [7, 11) is 1.69. The molecular weight excluding hydrogens is 330 g/mol. The molecule has 1 aromatic rings. The highest BCUT2D eigenvalue weighted by molar-refractivity contribution is 5.93. The van der Waals surface area contributed by atoms with E-state index in [0.717, 1.165) is 37.0 Å². The fourth-order valence-electron chi connectivity index (χ4n) is 2.11. The van der Waals surface area contributed by atoms with Crippen molar-refractivity contribution in [2.45, 2.75) is 40.2 Å². The van der Waals surface area contributed by atoms with Crippen LogP contribution < -0.4 is 15.4 Å². The minimum atomic E-state index is 0.166. The first kappa shape index (κ1) is 22.3. The number of rotatable bonds is 12. The molecule has 1 rings (SSSR count). The first-order chi connectivity index (χ1) is 12.5. The van der Waals surface area contributed by atoms with Crippen LogP contribution in [0.4, 0.5) is 5.69 Å². The third kappa shape index (κ3) is 10.9. The zero-order chi connectivity index (χ0) is 19.2. The normalized spacial score (nSPS) is 11.9. The molecule has 0 spiro atoms. The van der Waals surface area contributed by atoms with Gasteiger partial charge in [0.1, 0.15) is 5.75 Å². The van der Waals surface area contributed by atoms with Crippen molar-refractivity contribution < 1.29 is 14.2 Å². The lowest BCUT2D eigenvalue weighted by Crippen LogP contribution is -2.33. The molecule has 0 atom stereocenters. The summed E-state index contributed by atoms with van der Waals surface area (Å²) in [6.07, 6.45) is 1.06. The summed E-state index contributed by atoms with van der Waals surface area (Å²) in [5.74, 6) is 2.16. The minimum Gasteiger partial charge on any atom is -0.491 e. The SMILES string of the molecule is COCCNC(=NCCCOCC(C)C)Nc1ccc(OC(C)C)cc1. The van der Waals surface area contributed by atoms with Crippen LogP contribution in [0.3, 0.4) is 0 Å². The molecule has 1 aromatic carbocycles. The molecule has 0 fully saturated rings. The van der Waals surface area contributed by atoms with Crippen molar-refractivity contribution in [3.8, 4) is 5.75 Å². The van der Waals surface area contributed by atoms with Gasteiger partial charge in [0, 0.05) is 39.1 Å². The van der Waals surface area contributed by atoms with Crippen LogP contribution in [-0.4, -0.2) is 52.1 Å². The van der Waals surface area contributed by atoms with Crippen LogP contribution in [0.15, 0.2) is 29.3 Å². The second-order valence-corrected chi connectivity index (χ2v) is 6.79. The summed E-state index contributed by atoms with van der Waals surface area (Å²) >= 11 is 0. The topological polar surface area (TPSA) is 64.1 Å². The highest BCUT2D eigenvalue weighted by Crippen LogP contribution is 2.16. The third-order valence-electron chi connectivity index (χ3n) is 3.26. The first-order valence-electron chi connectivity index (χ1n) is 9.40. The van der Waals surface area contributed by atoms with Gasteiger partial charge in [-0.05, 0) is 50.5 Å². The number of nitrogens with one attached hydrogen (secondary N) is 2. The van der Waals surface area contributed by atoms with E-state index in [9.17, 15) is 0 Å². The Morgan fingerprint density at radius 2 is 1.81 bits per heavy atom. The van der Waals surface area contributed by atoms with Gasteiger partial charge < -0.3 is 24.8 Å². The molecule has 0 aliphatic heterocycles. The molecule has 0 radical (unpaired) electrons. The molecule has 0 aliphatic carbocycles. The van der Waals surface area contributed by atoms with Crippen LogP contribution >= 0.6 is 0 Å². The summed E-state index contributed by atoms with van der Waals surface area (Å²) in [4.78, 5) is 4.61. The molecule has 0 saturated carbocycles. The maximum atomic E-state index is 5.67. The van der Waals surface area contributed by atoms with E-state index in [-0.39, 0.29) is 6.10 Å².